The van der Waals surface area contributed by atoms with Crippen molar-refractivity contribution in [1.29, 1.82) is 0 Å². The van der Waals surface area contributed by atoms with E-state index in [-0.39, 0.29) is 22.9 Å². The zero-order valence-corrected chi connectivity index (χ0v) is 18.6. The summed E-state index contributed by atoms with van der Waals surface area (Å²) >= 11 is 1.15. The molecule has 0 N–H and O–H groups in total. The molecule has 4 rings (SSSR count). The highest BCUT2D eigenvalue weighted by Gasteiger charge is 2.35. The maximum atomic E-state index is 13.4. The highest BCUT2D eigenvalue weighted by molar-refractivity contribution is 8.19. The van der Waals surface area contributed by atoms with Gasteiger partial charge >= 0.3 is 0 Å². The summed E-state index contributed by atoms with van der Waals surface area (Å²) in [6.07, 6.45) is 1.48. The molecule has 1 aliphatic rings. The minimum absolute atomic E-state index is 0.201. The van der Waals surface area contributed by atoms with Crippen LogP contribution in [0.1, 0.15) is 5.56 Å². The number of aliphatic imine (C=N–C) groups is 1. The number of rotatable bonds is 6. The number of nitro groups is 1. The summed E-state index contributed by atoms with van der Waals surface area (Å²) in [6, 6.07) is 21.2. The fourth-order valence-corrected chi connectivity index (χ4v) is 4.26. The molecule has 9 heteroatoms. The Balaban J connectivity index is 1.83. The highest BCUT2D eigenvalue weighted by Crippen LogP contribution is 2.40. The van der Waals surface area contributed by atoms with Crippen LogP contribution in [-0.4, -0.2) is 30.2 Å². The number of nitro benzene ring substituents is 1. The number of benzene rings is 3. The van der Waals surface area contributed by atoms with Crippen LogP contribution in [0.5, 0.6) is 11.5 Å². The second-order valence-corrected chi connectivity index (χ2v) is 7.85. The van der Waals surface area contributed by atoms with Gasteiger partial charge in [-0.25, -0.2) is 4.99 Å². The first-order chi connectivity index (χ1) is 16.0. The van der Waals surface area contributed by atoms with Gasteiger partial charge in [0.25, 0.3) is 11.6 Å². The van der Waals surface area contributed by atoms with Crippen molar-refractivity contribution in [2.24, 2.45) is 4.99 Å². The van der Waals surface area contributed by atoms with Crippen molar-refractivity contribution in [1.82, 2.24) is 0 Å². The van der Waals surface area contributed by atoms with Gasteiger partial charge in [-0.2, -0.15) is 0 Å². The molecule has 33 heavy (non-hydrogen) atoms. The topological polar surface area (TPSA) is 94.3 Å². The summed E-state index contributed by atoms with van der Waals surface area (Å²) < 4.78 is 10.5. The Morgan fingerprint density at radius 2 is 1.58 bits per heavy atom. The van der Waals surface area contributed by atoms with E-state index in [1.54, 1.807) is 12.1 Å². The Morgan fingerprint density at radius 3 is 2.18 bits per heavy atom. The number of carbonyl (C=O) groups is 1. The average molecular weight is 461 g/mol. The molecule has 1 fully saturated rings. The molecule has 166 valence electrons. The van der Waals surface area contributed by atoms with Crippen LogP contribution in [0.3, 0.4) is 0 Å². The number of amides is 1. The van der Waals surface area contributed by atoms with E-state index in [2.05, 4.69) is 4.99 Å². The monoisotopic (exact) mass is 461 g/mol. The number of anilines is 1. The van der Waals surface area contributed by atoms with Crippen molar-refractivity contribution in [3.05, 3.63) is 93.4 Å². The van der Waals surface area contributed by atoms with Crippen LogP contribution < -0.4 is 14.4 Å². The molecule has 1 amide bonds. The maximum Gasteiger partial charge on any atom is 0.280 e. The van der Waals surface area contributed by atoms with Crippen molar-refractivity contribution < 1.29 is 19.2 Å². The zero-order chi connectivity index (χ0) is 23.4. The lowest BCUT2D eigenvalue weighted by molar-refractivity contribution is -0.385. The van der Waals surface area contributed by atoms with Crippen LogP contribution in [0.15, 0.2) is 82.7 Å². The molecule has 1 heterocycles. The molecule has 3 aromatic rings. The zero-order valence-electron chi connectivity index (χ0n) is 17.8. The Hall–Kier alpha value is -4.11. The van der Waals surface area contributed by atoms with E-state index < -0.39 is 4.92 Å². The third-order valence-electron chi connectivity index (χ3n) is 4.82. The van der Waals surface area contributed by atoms with Crippen LogP contribution in [0.25, 0.3) is 6.08 Å². The molecule has 0 atom stereocenters. The first-order valence-corrected chi connectivity index (χ1v) is 10.7. The lowest BCUT2D eigenvalue weighted by atomic mass is 10.1. The molecule has 0 bridgehead atoms. The Bertz CT molecular complexity index is 1260. The summed E-state index contributed by atoms with van der Waals surface area (Å²) in [5.41, 5.74) is 1.36. The van der Waals surface area contributed by atoms with Crippen LogP contribution in [-0.2, 0) is 4.79 Å². The average Bonchev–Trinajstić information content (AvgIpc) is 3.14. The van der Waals surface area contributed by atoms with E-state index in [0.29, 0.717) is 27.2 Å². The molecular weight excluding hydrogens is 442 g/mol. The Kier molecular flexibility index (Phi) is 6.41. The van der Waals surface area contributed by atoms with E-state index in [9.17, 15) is 14.9 Å². The van der Waals surface area contributed by atoms with E-state index >= 15 is 0 Å². The summed E-state index contributed by atoms with van der Waals surface area (Å²) in [7, 11) is 2.85. The first-order valence-electron chi connectivity index (χ1n) is 9.85. The Morgan fingerprint density at radius 1 is 0.970 bits per heavy atom. The summed E-state index contributed by atoms with van der Waals surface area (Å²) in [5, 5.41) is 12.1. The van der Waals surface area contributed by atoms with E-state index in [1.807, 2.05) is 48.5 Å². The molecule has 0 aliphatic carbocycles. The fraction of sp³-hybridized carbons (Fsp3) is 0.0833. The SMILES string of the molecule is COc1cc(/C=C2\SC(=Nc3ccccc3)N(c3ccccc3)C2=O)c([N+](=O)[O-])cc1OC. The summed E-state index contributed by atoms with van der Waals surface area (Å²) in [4.78, 5) is 31.0. The number of hydrogen-bond acceptors (Lipinski definition) is 7. The van der Waals surface area contributed by atoms with Crippen molar-refractivity contribution in [2.45, 2.75) is 0 Å². The fourth-order valence-electron chi connectivity index (χ4n) is 3.27. The minimum atomic E-state index is -0.521. The molecule has 8 nitrogen and oxygen atoms in total. The molecule has 0 spiro atoms. The van der Waals surface area contributed by atoms with Gasteiger partial charge in [0.15, 0.2) is 16.7 Å². The maximum absolute atomic E-state index is 13.4. The van der Waals surface area contributed by atoms with Gasteiger partial charge in [0.2, 0.25) is 0 Å². The van der Waals surface area contributed by atoms with Gasteiger partial charge in [0, 0.05) is 0 Å². The summed E-state index contributed by atoms with van der Waals surface area (Å²) in [5.74, 6) is 0.224. The highest BCUT2D eigenvalue weighted by atomic mass is 32.2. The first kappa shape index (κ1) is 22.1. The number of methoxy groups -OCH3 is 2. The number of amidine groups is 1. The third-order valence-corrected chi connectivity index (χ3v) is 5.79. The number of carbonyl (C=O) groups excluding carboxylic acids is 1. The molecule has 3 aromatic carbocycles. The number of ether oxygens (including phenoxy) is 2. The second kappa shape index (κ2) is 9.58. The molecule has 0 radical (unpaired) electrons. The number of hydrogen-bond donors (Lipinski definition) is 0. The van der Waals surface area contributed by atoms with Crippen LogP contribution in [0.4, 0.5) is 17.1 Å². The van der Waals surface area contributed by atoms with Crippen LogP contribution in [0, 0.1) is 10.1 Å². The van der Waals surface area contributed by atoms with Gasteiger partial charge in [0.05, 0.1) is 47.1 Å². The van der Waals surface area contributed by atoms with E-state index in [1.165, 1.54) is 37.3 Å². The Labute approximate surface area is 194 Å². The van der Waals surface area contributed by atoms with Crippen molar-refractivity contribution in [3.63, 3.8) is 0 Å². The van der Waals surface area contributed by atoms with Gasteiger partial charge < -0.3 is 9.47 Å². The van der Waals surface area contributed by atoms with Gasteiger partial charge in [-0.3, -0.25) is 19.8 Å². The molecular formula is C24H19N3O5S. The van der Waals surface area contributed by atoms with Crippen LogP contribution in [0.2, 0.25) is 0 Å². The molecule has 1 saturated heterocycles. The minimum Gasteiger partial charge on any atom is -0.493 e. The lowest BCUT2D eigenvalue weighted by Gasteiger charge is -2.15. The second-order valence-electron chi connectivity index (χ2n) is 6.84. The molecule has 0 saturated carbocycles. The van der Waals surface area contributed by atoms with Crippen molar-refractivity contribution in [3.8, 4) is 11.5 Å². The molecule has 0 aromatic heterocycles. The summed E-state index contributed by atoms with van der Waals surface area (Å²) in [6.45, 7) is 0. The van der Waals surface area contributed by atoms with E-state index in [4.69, 9.17) is 9.47 Å². The lowest BCUT2D eigenvalue weighted by Crippen LogP contribution is -2.28. The van der Waals surface area contributed by atoms with Gasteiger partial charge in [-0.05, 0) is 48.2 Å². The largest absolute Gasteiger partial charge is 0.493 e. The third kappa shape index (κ3) is 4.58. The normalized spacial score (nSPS) is 15.8. The standard InChI is InChI=1S/C24H19N3O5S/c1-31-20-13-16(19(27(29)30)15-21(20)32-2)14-22-23(28)26(18-11-7-4-8-12-18)24(33-22)25-17-9-5-3-6-10-17/h3-15H,1-2H3/b22-14-,25-24?. The van der Waals surface area contributed by atoms with Crippen molar-refractivity contribution in [2.75, 3.05) is 19.1 Å². The predicted octanol–water partition coefficient (Wildman–Crippen LogP) is 5.42. The van der Waals surface area contributed by atoms with Gasteiger partial charge in [-0.1, -0.05) is 36.4 Å². The van der Waals surface area contributed by atoms with Crippen molar-refractivity contribution >= 4 is 46.0 Å². The number of nitrogens with zero attached hydrogens (tertiary/aromatic N) is 3. The molecule has 1 aliphatic heterocycles. The molecule has 0 unspecified atom stereocenters. The quantitative estimate of drug-likeness (QED) is 0.276. The number of thioether (sulfide) groups is 1. The van der Waals surface area contributed by atoms with E-state index in [0.717, 1.165) is 11.8 Å². The van der Waals surface area contributed by atoms with Crippen LogP contribution >= 0.6 is 11.8 Å². The van der Waals surface area contributed by atoms with Gasteiger partial charge in [-0.15, -0.1) is 0 Å². The number of para-hydroxylation sites is 2. The smallest absolute Gasteiger partial charge is 0.280 e. The van der Waals surface area contributed by atoms with Gasteiger partial charge in [0.1, 0.15) is 0 Å². The predicted molar refractivity (Wildman–Crippen MR) is 129 cm³/mol.